The maximum absolute atomic E-state index is 8.52. The van der Waals surface area contributed by atoms with E-state index in [1.807, 2.05) is 0 Å². The number of hydrogen-bond donors (Lipinski definition) is 0. The molecule has 0 amide bonds. The van der Waals surface area contributed by atoms with E-state index in [4.69, 9.17) is 5.26 Å². The molecule has 2 rings (SSSR count). The molecule has 1 saturated heterocycles. The van der Waals surface area contributed by atoms with E-state index < -0.39 is 0 Å². The highest BCUT2D eigenvalue weighted by Gasteiger charge is 2.30. The van der Waals surface area contributed by atoms with Crippen molar-refractivity contribution >= 4 is 0 Å². The third-order valence-corrected chi connectivity index (χ3v) is 3.48. The van der Waals surface area contributed by atoms with Crippen molar-refractivity contribution in [3.8, 4) is 6.07 Å². The van der Waals surface area contributed by atoms with Crippen LogP contribution in [0.4, 0.5) is 0 Å². The van der Waals surface area contributed by atoms with E-state index in [1.54, 1.807) is 0 Å². The Morgan fingerprint density at radius 3 is 2.69 bits per heavy atom. The summed E-state index contributed by atoms with van der Waals surface area (Å²) in [6.07, 6.45) is 1.77. The van der Waals surface area contributed by atoms with E-state index in [9.17, 15) is 0 Å². The minimum atomic E-state index is 0.513. The summed E-state index contributed by atoms with van der Waals surface area (Å²) < 4.78 is 0. The summed E-state index contributed by atoms with van der Waals surface area (Å²) in [5, 5.41) is 8.52. The zero-order chi connectivity index (χ0) is 11.4. The summed E-state index contributed by atoms with van der Waals surface area (Å²) in [7, 11) is 0. The average Bonchev–Trinajstić information content (AvgIpc) is 2.28. The molecule has 0 radical (unpaired) electrons. The monoisotopic (exact) mass is 214 g/mol. The lowest BCUT2D eigenvalue weighted by Gasteiger charge is -2.43. The predicted molar refractivity (Wildman–Crippen MR) is 64.8 cm³/mol. The number of hydrogen-bond acceptors (Lipinski definition) is 2. The fourth-order valence-corrected chi connectivity index (χ4v) is 2.32. The average molecular weight is 214 g/mol. The molecule has 2 heteroatoms. The molecule has 0 aromatic heterocycles. The molecule has 0 spiro atoms. The number of likely N-dealkylation sites (tertiary alicyclic amines) is 1. The molecule has 1 heterocycles. The van der Waals surface area contributed by atoms with E-state index in [-0.39, 0.29) is 0 Å². The van der Waals surface area contributed by atoms with E-state index >= 15 is 0 Å². The molecule has 84 valence electrons. The van der Waals surface area contributed by atoms with Crippen LogP contribution in [0.2, 0.25) is 0 Å². The first-order valence-corrected chi connectivity index (χ1v) is 5.97. The van der Waals surface area contributed by atoms with Crippen molar-refractivity contribution in [2.75, 3.05) is 13.1 Å². The third-order valence-electron chi connectivity index (χ3n) is 3.48. The van der Waals surface area contributed by atoms with Gasteiger partial charge in [0.05, 0.1) is 6.07 Å². The van der Waals surface area contributed by atoms with Gasteiger partial charge in [-0.15, -0.1) is 0 Å². The Balaban J connectivity index is 1.82. The molecule has 1 aromatic carbocycles. The van der Waals surface area contributed by atoms with Gasteiger partial charge in [0.2, 0.25) is 0 Å². The quantitative estimate of drug-likeness (QED) is 0.770. The molecule has 1 aromatic rings. The summed E-state index contributed by atoms with van der Waals surface area (Å²) in [4.78, 5) is 2.48. The second-order valence-corrected chi connectivity index (χ2v) is 4.60. The van der Waals surface area contributed by atoms with E-state index in [0.717, 1.165) is 25.4 Å². The summed E-state index contributed by atoms with van der Waals surface area (Å²) in [6, 6.07) is 13.4. The first-order chi connectivity index (χ1) is 7.81. The minimum Gasteiger partial charge on any atom is -0.296 e. The Labute approximate surface area is 97.5 Å². The SMILES string of the molecule is CC(c1ccccc1)N1CC(CCC#N)C1. The molecule has 0 bridgehead atoms. The normalized spacial score (nSPS) is 18.8. The fraction of sp³-hybridized carbons (Fsp3) is 0.500. The van der Waals surface area contributed by atoms with Gasteiger partial charge in [0.15, 0.2) is 0 Å². The van der Waals surface area contributed by atoms with Crippen LogP contribution in [-0.4, -0.2) is 18.0 Å². The molecule has 1 aliphatic rings. The summed E-state index contributed by atoms with van der Waals surface area (Å²) in [6.45, 7) is 4.56. The lowest BCUT2D eigenvalue weighted by Crippen LogP contribution is -2.47. The summed E-state index contributed by atoms with van der Waals surface area (Å²) >= 11 is 0. The van der Waals surface area contributed by atoms with Crippen molar-refractivity contribution in [2.45, 2.75) is 25.8 Å². The van der Waals surface area contributed by atoms with Crippen LogP contribution in [0, 0.1) is 17.2 Å². The summed E-state index contributed by atoms with van der Waals surface area (Å²) in [5.41, 5.74) is 1.39. The van der Waals surface area contributed by atoms with Gasteiger partial charge in [-0.2, -0.15) is 5.26 Å². The highest BCUT2D eigenvalue weighted by Crippen LogP contribution is 2.30. The van der Waals surface area contributed by atoms with Crippen LogP contribution >= 0.6 is 0 Å². The van der Waals surface area contributed by atoms with Crippen molar-refractivity contribution in [2.24, 2.45) is 5.92 Å². The van der Waals surface area contributed by atoms with Gasteiger partial charge in [-0.1, -0.05) is 30.3 Å². The minimum absolute atomic E-state index is 0.513. The Hall–Kier alpha value is -1.33. The maximum Gasteiger partial charge on any atom is 0.0621 e. The van der Waals surface area contributed by atoms with Crippen molar-refractivity contribution < 1.29 is 0 Å². The molecular weight excluding hydrogens is 196 g/mol. The zero-order valence-corrected chi connectivity index (χ0v) is 9.76. The number of rotatable bonds is 4. The maximum atomic E-state index is 8.52. The van der Waals surface area contributed by atoms with Gasteiger partial charge in [-0.05, 0) is 24.8 Å². The van der Waals surface area contributed by atoms with Crippen molar-refractivity contribution in [3.63, 3.8) is 0 Å². The Kier molecular flexibility index (Phi) is 3.58. The number of benzene rings is 1. The van der Waals surface area contributed by atoms with Crippen LogP contribution in [0.25, 0.3) is 0 Å². The van der Waals surface area contributed by atoms with Gasteiger partial charge in [0.1, 0.15) is 0 Å². The van der Waals surface area contributed by atoms with E-state index in [2.05, 4.69) is 48.2 Å². The van der Waals surface area contributed by atoms with Gasteiger partial charge < -0.3 is 0 Å². The standard InChI is InChI=1S/C14H18N2/c1-12(14-7-3-2-4-8-14)16-10-13(11-16)6-5-9-15/h2-4,7-8,12-13H,5-6,10-11H2,1H3. The lowest BCUT2D eigenvalue weighted by atomic mass is 9.91. The van der Waals surface area contributed by atoms with Crippen molar-refractivity contribution in [3.05, 3.63) is 35.9 Å². The van der Waals surface area contributed by atoms with Gasteiger partial charge >= 0.3 is 0 Å². The van der Waals surface area contributed by atoms with E-state index in [0.29, 0.717) is 12.5 Å². The molecule has 16 heavy (non-hydrogen) atoms. The van der Waals surface area contributed by atoms with Crippen LogP contribution in [0.1, 0.15) is 31.4 Å². The second-order valence-electron chi connectivity index (χ2n) is 4.60. The highest BCUT2D eigenvalue weighted by atomic mass is 15.2. The molecule has 1 unspecified atom stereocenters. The van der Waals surface area contributed by atoms with Crippen molar-refractivity contribution in [1.82, 2.24) is 4.90 Å². The first kappa shape index (κ1) is 11.2. The molecule has 0 saturated carbocycles. The summed E-state index contributed by atoms with van der Waals surface area (Å²) in [5.74, 6) is 0.741. The van der Waals surface area contributed by atoms with E-state index in [1.165, 1.54) is 5.56 Å². The topological polar surface area (TPSA) is 27.0 Å². The van der Waals surface area contributed by atoms with Crippen LogP contribution in [-0.2, 0) is 0 Å². The predicted octanol–water partition coefficient (Wildman–Crippen LogP) is 2.98. The van der Waals surface area contributed by atoms with Crippen LogP contribution in [0.3, 0.4) is 0 Å². The van der Waals surface area contributed by atoms with Crippen LogP contribution < -0.4 is 0 Å². The largest absolute Gasteiger partial charge is 0.296 e. The van der Waals surface area contributed by atoms with Crippen LogP contribution in [0.5, 0.6) is 0 Å². The highest BCUT2D eigenvalue weighted by molar-refractivity contribution is 5.18. The Bertz CT molecular complexity index is 360. The van der Waals surface area contributed by atoms with Gasteiger partial charge in [-0.3, -0.25) is 4.90 Å². The first-order valence-electron chi connectivity index (χ1n) is 5.97. The van der Waals surface area contributed by atoms with Gasteiger partial charge in [0, 0.05) is 25.6 Å². The Morgan fingerprint density at radius 1 is 1.38 bits per heavy atom. The molecular formula is C14H18N2. The molecule has 1 fully saturated rings. The zero-order valence-electron chi connectivity index (χ0n) is 9.76. The number of nitrogens with zero attached hydrogens (tertiary/aromatic N) is 2. The fourth-order valence-electron chi connectivity index (χ4n) is 2.32. The lowest BCUT2D eigenvalue weighted by molar-refractivity contribution is 0.0557. The molecule has 1 atom stereocenters. The van der Waals surface area contributed by atoms with Crippen LogP contribution in [0.15, 0.2) is 30.3 Å². The molecule has 1 aliphatic heterocycles. The third kappa shape index (κ3) is 2.43. The van der Waals surface area contributed by atoms with Crippen molar-refractivity contribution in [1.29, 1.82) is 5.26 Å². The smallest absolute Gasteiger partial charge is 0.0621 e. The number of nitriles is 1. The second kappa shape index (κ2) is 5.14. The molecule has 2 nitrogen and oxygen atoms in total. The molecule has 0 aliphatic carbocycles. The Morgan fingerprint density at radius 2 is 2.06 bits per heavy atom. The van der Waals surface area contributed by atoms with Gasteiger partial charge in [0.25, 0.3) is 0 Å². The van der Waals surface area contributed by atoms with Gasteiger partial charge in [-0.25, -0.2) is 0 Å². The molecule has 0 N–H and O–H groups in total.